The van der Waals surface area contributed by atoms with Crippen molar-refractivity contribution in [3.63, 3.8) is 0 Å². The van der Waals surface area contributed by atoms with Gasteiger partial charge in [-0.1, -0.05) is 6.07 Å². The summed E-state index contributed by atoms with van der Waals surface area (Å²) in [6.07, 6.45) is 5.36. The smallest absolute Gasteiger partial charge is 0.254 e. The van der Waals surface area contributed by atoms with Gasteiger partial charge in [0.25, 0.3) is 5.91 Å². The van der Waals surface area contributed by atoms with Gasteiger partial charge in [-0.25, -0.2) is 4.39 Å². The van der Waals surface area contributed by atoms with Crippen molar-refractivity contribution in [2.45, 2.75) is 18.9 Å². The molecule has 21 heavy (non-hydrogen) atoms. The second-order valence-corrected chi connectivity index (χ2v) is 5.18. The van der Waals surface area contributed by atoms with Crippen LogP contribution in [0.3, 0.4) is 0 Å². The Kier molecular flexibility index (Phi) is 3.56. The summed E-state index contributed by atoms with van der Waals surface area (Å²) < 4.78 is 13.2. The van der Waals surface area contributed by atoms with Crippen molar-refractivity contribution in [1.82, 2.24) is 9.88 Å². The molecule has 2 N–H and O–H groups in total. The first-order chi connectivity index (χ1) is 10.2. The average Bonchev–Trinajstić information content (AvgIpc) is 2.99. The second kappa shape index (κ2) is 5.52. The van der Waals surface area contributed by atoms with E-state index in [1.807, 2.05) is 17.0 Å². The number of nitrogens with zero attached hydrogens (tertiary/aromatic N) is 2. The maximum atomic E-state index is 13.2. The summed E-state index contributed by atoms with van der Waals surface area (Å²) in [7, 11) is 0. The van der Waals surface area contributed by atoms with Crippen LogP contribution >= 0.6 is 0 Å². The standard InChI is InChI=1S/C16H16FN3O/c17-13-6-5-11(9-14(13)18)16(21)20-8-2-4-15(20)12-3-1-7-19-10-12/h1,3,5-7,9-10,15H,2,4,8,18H2. The lowest BCUT2D eigenvalue weighted by Gasteiger charge is -2.25. The van der Waals surface area contributed by atoms with Crippen LogP contribution in [-0.2, 0) is 0 Å². The zero-order chi connectivity index (χ0) is 14.8. The number of rotatable bonds is 2. The Balaban J connectivity index is 1.88. The fraction of sp³-hybridized carbons (Fsp3) is 0.250. The largest absolute Gasteiger partial charge is 0.396 e. The van der Waals surface area contributed by atoms with Gasteiger partial charge in [-0.3, -0.25) is 9.78 Å². The van der Waals surface area contributed by atoms with Gasteiger partial charge < -0.3 is 10.6 Å². The van der Waals surface area contributed by atoms with E-state index in [4.69, 9.17) is 5.73 Å². The maximum Gasteiger partial charge on any atom is 0.254 e. The zero-order valence-electron chi connectivity index (χ0n) is 11.5. The number of amides is 1. The van der Waals surface area contributed by atoms with Crippen LogP contribution in [0.4, 0.5) is 10.1 Å². The lowest BCUT2D eigenvalue weighted by atomic mass is 10.1. The first-order valence-corrected chi connectivity index (χ1v) is 6.93. The number of aromatic nitrogens is 1. The van der Waals surface area contributed by atoms with Crippen LogP contribution in [-0.4, -0.2) is 22.3 Å². The van der Waals surface area contributed by atoms with Gasteiger partial charge in [0, 0.05) is 24.5 Å². The highest BCUT2D eigenvalue weighted by molar-refractivity contribution is 5.95. The molecule has 1 aliphatic rings. The number of hydrogen-bond acceptors (Lipinski definition) is 3. The van der Waals surface area contributed by atoms with Crippen LogP contribution in [0.5, 0.6) is 0 Å². The van der Waals surface area contributed by atoms with Crippen LogP contribution in [0.2, 0.25) is 0 Å². The molecule has 1 aromatic heterocycles. The van der Waals surface area contributed by atoms with E-state index in [9.17, 15) is 9.18 Å². The van der Waals surface area contributed by atoms with E-state index in [2.05, 4.69) is 4.98 Å². The molecule has 108 valence electrons. The van der Waals surface area contributed by atoms with Crippen molar-refractivity contribution in [3.8, 4) is 0 Å². The summed E-state index contributed by atoms with van der Waals surface area (Å²) in [5.74, 6) is -0.621. The lowest BCUT2D eigenvalue weighted by Crippen LogP contribution is -2.30. The maximum absolute atomic E-state index is 13.2. The van der Waals surface area contributed by atoms with E-state index in [0.717, 1.165) is 18.4 Å². The molecule has 1 aromatic carbocycles. The first kappa shape index (κ1) is 13.5. The predicted octanol–water partition coefficient (Wildman–Crippen LogP) is 2.78. The van der Waals surface area contributed by atoms with Crippen molar-refractivity contribution in [1.29, 1.82) is 0 Å². The van der Waals surface area contributed by atoms with E-state index in [-0.39, 0.29) is 17.6 Å². The van der Waals surface area contributed by atoms with Crippen LogP contribution in [0.1, 0.15) is 34.8 Å². The minimum absolute atomic E-state index is 0.00188. The predicted molar refractivity (Wildman–Crippen MR) is 78.1 cm³/mol. The van der Waals surface area contributed by atoms with Crippen LogP contribution in [0, 0.1) is 5.82 Å². The quantitative estimate of drug-likeness (QED) is 0.863. The van der Waals surface area contributed by atoms with Crippen LogP contribution in [0.25, 0.3) is 0 Å². The molecule has 0 spiro atoms. The molecule has 1 atom stereocenters. The van der Waals surface area contributed by atoms with Crippen LogP contribution in [0.15, 0.2) is 42.7 Å². The van der Waals surface area contributed by atoms with Crippen molar-refractivity contribution in [3.05, 3.63) is 59.7 Å². The average molecular weight is 285 g/mol. The number of nitrogen functional groups attached to an aromatic ring is 1. The van der Waals surface area contributed by atoms with Crippen molar-refractivity contribution in [2.24, 2.45) is 0 Å². The molecule has 1 aliphatic heterocycles. The molecule has 3 rings (SSSR count). The number of halogens is 1. The summed E-state index contributed by atoms with van der Waals surface area (Å²) in [4.78, 5) is 18.5. The number of likely N-dealkylation sites (tertiary alicyclic amines) is 1. The number of carbonyl (C=O) groups excluding carboxylic acids is 1. The number of pyridine rings is 1. The molecule has 1 amide bonds. The van der Waals surface area contributed by atoms with E-state index in [1.165, 1.54) is 18.2 Å². The molecule has 1 unspecified atom stereocenters. The van der Waals surface area contributed by atoms with Gasteiger partial charge in [0.1, 0.15) is 5.82 Å². The number of anilines is 1. The highest BCUT2D eigenvalue weighted by atomic mass is 19.1. The highest BCUT2D eigenvalue weighted by Gasteiger charge is 2.30. The third kappa shape index (κ3) is 2.59. The molecule has 0 saturated carbocycles. The third-order valence-corrected chi connectivity index (χ3v) is 3.83. The Labute approximate surface area is 122 Å². The molecule has 5 heteroatoms. The minimum Gasteiger partial charge on any atom is -0.396 e. The van der Waals surface area contributed by atoms with E-state index >= 15 is 0 Å². The summed E-state index contributed by atoms with van der Waals surface area (Å²) >= 11 is 0. The third-order valence-electron chi connectivity index (χ3n) is 3.83. The zero-order valence-corrected chi connectivity index (χ0v) is 11.5. The van der Waals surface area contributed by atoms with Crippen molar-refractivity contribution in [2.75, 3.05) is 12.3 Å². The Morgan fingerprint density at radius 2 is 2.24 bits per heavy atom. The molecule has 2 heterocycles. The van der Waals surface area contributed by atoms with Gasteiger partial charge in [-0.15, -0.1) is 0 Å². The molecular formula is C16H16FN3O. The molecule has 4 nitrogen and oxygen atoms in total. The fourth-order valence-electron chi connectivity index (χ4n) is 2.77. The normalized spacial score (nSPS) is 18.0. The van der Waals surface area contributed by atoms with E-state index in [0.29, 0.717) is 12.1 Å². The summed E-state index contributed by atoms with van der Waals surface area (Å²) in [5.41, 5.74) is 6.99. The van der Waals surface area contributed by atoms with Gasteiger partial charge in [0.05, 0.1) is 11.7 Å². The van der Waals surface area contributed by atoms with Gasteiger partial charge in [-0.2, -0.15) is 0 Å². The van der Waals surface area contributed by atoms with E-state index in [1.54, 1.807) is 12.4 Å². The fourth-order valence-corrected chi connectivity index (χ4v) is 2.77. The van der Waals surface area contributed by atoms with Crippen LogP contribution < -0.4 is 5.73 Å². The Bertz CT molecular complexity index is 660. The lowest BCUT2D eigenvalue weighted by molar-refractivity contribution is 0.0735. The second-order valence-electron chi connectivity index (χ2n) is 5.18. The monoisotopic (exact) mass is 285 g/mol. The number of benzene rings is 1. The molecular weight excluding hydrogens is 269 g/mol. The molecule has 1 saturated heterocycles. The number of hydrogen-bond donors (Lipinski definition) is 1. The first-order valence-electron chi connectivity index (χ1n) is 6.93. The van der Waals surface area contributed by atoms with E-state index < -0.39 is 5.82 Å². The molecule has 0 bridgehead atoms. The molecule has 0 radical (unpaired) electrons. The highest BCUT2D eigenvalue weighted by Crippen LogP contribution is 2.32. The molecule has 0 aliphatic carbocycles. The number of carbonyl (C=O) groups is 1. The Hall–Kier alpha value is -2.43. The summed E-state index contributed by atoms with van der Waals surface area (Å²) in [6.45, 7) is 0.690. The van der Waals surface area contributed by atoms with Gasteiger partial charge >= 0.3 is 0 Å². The Morgan fingerprint density at radius 3 is 2.95 bits per heavy atom. The van der Waals surface area contributed by atoms with Crippen molar-refractivity contribution >= 4 is 11.6 Å². The SMILES string of the molecule is Nc1cc(C(=O)N2CCCC2c2cccnc2)ccc1F. The van der Waals surface area contributed by atoms with Crippen molar-refractivity contribution < 1.29 is 9.18 Å². The van der Waals surface area contributed by atoms with Gasteiger partial charge in [-0.05, 0) is 42.7 Å². The summed E-state index contributed by atoms with van der Waals surface area (Å²) in [5, 5.41) is 0. The topological polar surface area (TPSA) is 59.2 Å². The van der Waals surface area contributed by atoms with Gasteiger partial charge in [0.15, 0.2) is 0 Å². The summed E-state index contributed by atoms with van der Waals surface area (Å²) in [6, 6.07) is 7.98. The number of nitrogens with two attached hydrogens (primary N) is 1. The minimum atomic E-state index is -0.503. The molecule has 1 fully saturated rings. The Morgan fingerprint density at radius 1 is 1.38 bits per heavy atom. The van der Waals surface area contributed by atoms with Gasteiger partial charge in [0.2, 0.25) is 0 Å². The molecule has 2 aromatic rings.